The number of hydrogen-bond acceptors (Lipinski definition) is 11. The molecule has 3 aliphatic rings. The zero-order valence-electron chi connectivity index (χ0n) is 20.4. The number of anilines is 1. The van der Waals surface area contributed by atoms with Crippen LogP contribution in [-0.4, -0.2) is 101 Å². The molecule has 3 heterocycles. The lowest BCUT2D eigenvalue weighted by Gasteiger charge is -2.45. The van der Waals surface area contributed by atoms with Crippen LogP contribution in [0.2, 0.25) is 10.0 Å². The summed E-state index contributed by atoms with van der Waals surface area (Å²) in [7, 11) is 1.26. The minimum atomic E-state index is -1.57. The Morgan fingerprint density at radius 2 is 1.76 bits per heavy atom. The number of halogens is 2. The van der Waals surface area contributed by atoms with Crippen LogP contribution in [0, 0.1) is 0 Å². The minimum Gasteiger partial charge on any atom is -0.504 e. The summed E-state index contributed by atoms with van der Waals surface area (Å²) in [6.45, 7) is 1.94. The third kappa shape index (κ3) is 4.51. The summed E-state index contributed by atoms with van der Waals surface area (Å²) in [5.74, 6) is -2.11. The number of esters is 1. The fraction of sp³-hybridized carbons (Fsp3) is 0.480. The number of phenolic OH excluding ortho intramolecular Hbond substituents is 2. The van der Waals surface area contributed by atoms with Crippen molar-refractivity contribution in [3.63, 3.8) is 0 Å². The number of fused-ring (bicyclic) bond motifs is 3. The maximum atomic E-state index is 13.2. The van der Waals surface area contributed by atoms with Crippen molar-refractivity contribution in [1.82, 2.24) is 4.90 Å². The Bertz CT molecular complexity index is 1240. The lowest BCUT2D eigenvalue weighted by Crippen LogP contribution is -2.58. The van der Waals surface area contributed by atoms with Gasteiger partial charge in [-0.2, -0.15) is 0 Å². The first kappa shape index (κ1) is 27.1. The number of methoxy groups -OCH3 is 1. The van der Waals surface area contributed by atoms with Gasteiger partial charge in [0.25, 0.3) is 0 Å². The van der Waals surface area contributed by atoms with Gasteiger partial charge < -0.3 is 44.6 Å². The highest BCUT2D eigenvalue weighted by atomic mass is 35.5. The highest BCUT2D eigenvalue weighted by Gasteiger charge is 2.53. The van der Waals surface area contributed by atoms with Gasteiger partial charge >= 0.3 is 5.97 Å². The number of hydrogen-bond donors (Lipinski definition) is 5. The van der Waals surface area contributed by atoms with Gasteiger partial charge in [-0.3, -0.25) is 4.90 Å². The Hall–Kier alpha value is -2.51. The second-order valence-electron chi connectivity index (χ2n) is 9.49. The molecule has 0 saturated carbocycles. The smallest absolute Gasteiger partial charge is 0.339 e. The molecule has 38 heavy (non-hydrogen) atoms. The van der Waals surface area contributed by atoms with Gasteiger partial charge in [-0.05, 0) is 18.2 Å². The molecule has 0 spiro atoms. The van der Waals surface area contributed by atoms with Crippen LogP contribution in [0.25, 0.3) is 0 Å². The van der Waals surface area contributed by atoms with Crippen molar-refractivity contribution in [2.45, 2.75) is 37.1 Å². The summed E-state index contributed by atoms with van der Waals surface area (Å²) in [6, 6.07) is 5.43. The number of aliphatic hydroxyl groups is 3. The highest BCUT2D eigenvalue weighted by molar-refractivity contribution is 6.42. The molecule has 0 radical (unpaired) electrons. The molecule has 5 rings (SSSR count). The predicted molar refractivity (Wildman–Crippen MR) is 136 cm³/mol. The maximum absolute atomic E-state index is 13.2. The molecule has 5 N–H and O–H groups in total. The van der Waals surface area contributed by atoms with Crippen LogP contribution in [0.4, 0.5) is 5.69 Å². The van der Waals surface area contributed by atoms with Crippen molar-refractivity contribution in [1.29, 1.82) is 0 Å². The second kappa shape index (κ2) is 10.6. The number of carbonyl (C=O) groups is 1. The quantitative estimate of drug-likeness (QED) is 0.332. The Morgan fingerprint density at radius 1 is 1.05 bits per heavy atom. The average molecular weight is 571 g/mol. The molecule has 2 saturated heterocycles. The summed E-state index contributed by atoms with van der Waals surface area (Å²) in [4.78, 5) is 17.3. The summed E-state index contributed by atoms with van der Waals surface area (Å²) in [6.07, 6.45) is -6.82. The first-order chi connectivity index (χ1) is 18.2. The van der Waals surface area contributed by atoms with E-state index in [1.54, 1.807) is 12.1 Å². The largest absolute Gasteiger partial charge is 0.504 e. The number of rotatable bonds is 5. The Kier molecular flexibility index (Phi) is 7.53. The summed E-state index contributed by atoms with van der Waals surface area (Å²) in [5.41, 5.74) is 0.962. The number of ether oxygens (including phenoxy) is 3. The summed E-state index contributed by atoms with van der Waals surface area (Å²) < 4.78 is 16.5. The number of phenols is 2. The molecule has 5 atom stereocenters. The number of carbonyl (C=O) groups excluding carboxylic acids is 1. The fourth-order valence-electron chi connectivity index (χ4n) is 5.33. The van der Waals surface area contributed by atoms with Crippen LogP contribution in [0.1, 0.15) is 27.6 Å². The van der Waals surface area contributed by atoms with Crippen LogP contribution in [-0.2, 0) is 16.0 Å². The molecule has 2 aromatic carbocycles. The van der Waals surface area contributed by atoms with Crippen molar-refractivity contribution >= 4 is 34.9 Å². The van der Waals surface area contributed by atoms with E-state index in [1.165, 1.54) is 7.11 Å². The van der Waals surface area contributed by atoms with E-state index in [-0.39, 0.29) is 29.0 Å². The summed E-state index contributed by atoms with van der Waals surface area (Å²) >= 11 is 12.2. The van der Waals surface area contributed by atoms with Gasteiger partial charge in [-0.25, -0.2) is 4.79 Å². The van der Waals surface area contributed by atoms with Gasteiger partial charge in [0.2, 0.25) is 5.75 Å². The lowest BCUT2D eigenvalue weighted by atomic mass is 9.84. The second-order valence-corrected chi connectivity index (χ2v) is 10.3. The van der Waals surface area contributed by atoms with Crippen molar-refractivity contribution < 1.29 is 44.5 Å². The van der Waals surface area contributed by atoms with Gasteiger partial charge in [-0.1, -0.05) is 23.2 Å². The zero-order valence-corrected chi connectivity index (χ0v) is 21.9. The SMILES string of the molecule is COc1c(O)c(CN2CCN(c3ccc(Cl)c(Cl)c3)CC2)c2c(c1O)[C@H]1O[C@H](CO)[C@@H](O)[C@H](O)[C@@H]1OC2=O. The predicted octanol–water partition coefficient (Wildman–Crippen LogP) is 1.43. The van der Waals surface area contributed by atoms with Crippen LogP contribution < -0.4 is 9.64 Å². The van der Waals surface area contributed by atoms with E-state index in [0.29, 0.717) is 36.2 Å². The number of piperazine rings is 1. The fourth-order valence-corrected chi connectivity index (χ4v) is 5.63. The third-order valence-electron chi connectivity index (χ3n) is 7.37. The molecule has 11 nitrogen and oxygen atoms in total. The Morgan fingerprint density at radius 3 is 2.39 bits per heavy atom. The molecular formula is C25H28Cl2N2O9. The first-order valence-corrected chi connectivity index (χ1v) is 12.8. The number of nitrogens with zero attached hydrogens (tertiary/aromatic N) is 2. The van der Waals surface area contributed by atoms with E-state index < -0.39 is 54.6 Å². The molecule has 0 bridgehead atoms. The van der Waals surface area contributed by atoms with Crippen LogP contribution in [0.5, 0.6) is 17.2 Å². The highest BCUT2D eigenvalue weighted by Crippen LogP contribution is 2.52. The van der Waals surface area contributed by atoms with E-state index in [0.717, 1.165) is 5.69 Å². The molecule has 0 aliphatic carbocycles. The average Bonchev–Trinajstić information content (AvgIpc) is 2.91. The molecule has 2 fully saturated rings. The van der Waals surface area contributed by atoms with Crippen molar-refractivity contribution in [3.05, 3.63) is 44.9 Å². The summed E-state index contributed by atoms with van der Waals surface area (Å²) in [5, 5.41) is 53.4. The molecule has 3 aliphatic heterocycles. The van der Waals surface area contributed by atoms with Crippen LogP contribution >= 0.6 is 23.2 Å². The Labute approximate surface area is 228 Å². The number of aliphatic hydroxyl groups excluding tert-OH is 3. The van der Waals surface area contributed by atoms with E-state index in [4.69, 9.17) is 37.4 Å². The molecule has 0 aromatic heterocycles. The van der Waals surface area contributed by atoms with E-state index >= 15 is 0 Å². The van der Waals surface area contributed by atoms with Gasteiger partial charge in [0, 0.05) is 49.5 Å². The topological polar surface area (TPSA) is 152 Å². The van der Waals surface area contributed by atoms with Crippen molar-refractivity contribution in [2.24, 2.45) is 0 Å². The molecule has 0 amide bonds. The van der Waals surface area contributed by atoms with Crippen LogP contribution in [0.15, 0.2) is 18.2 Å². The minimum absolute atomic E-state index is 0.0326. The number of benzene rings is 2. The van der Waals surface area contributed by atoms with Crippen molar-refractivity contribution in [3.8, 4) is 17.2 Å². The molecular weight excluding hydrogens is 543 g/mol. The van der Waals surface area contributed by atoms with Crippen molar-refractivity contribution in [2.75, 3.05) is 44.8 Å². The zero-order chi connectivity index (χ0) is 27.3. The van der Waals surface area contributed by atoms with Crippen LogP contribution in [0.3, 0.4) is 0 Å². The van der Waals surface area contributed by atoms with Gasteiger partial charge in [0.1, 0.15) is 24.4 Å². The van der Waals surface area contributed by atoms with Gasteiger partial charge in [0.05, 0.1) is 29.3 Å². The third-order valence-corrected chi connectivity index (χ3v) is 8.11. The Balaban J connectivity index is 1.46. The van der Waals surface area contributed by atoms with E-state index in [1.807, 2.05) is 11.0 Å². The van der Waals surface area contributed by atoms with Gasteiger partial charge in [-0.15, -0.1) is 0 Å². The molecule has 206 valence electrons. The normalized spacial score (nSPS) is 27.5. The molecule has 2 aromatic rings. The van der Waals surface area contributed by atoms with Gasteiger partial charge in [0.15, 0.2) is 17.6 Å². The molecule has 13 heteroatoms. The van der Waals surface area contributed by atoms with E-state index in [9.17, 15) is 30.3 Å². The standard InChI is InChI=1S/C25H28Cl2N2O9/c1-36-23-18(31)12(9-28-4-6-29(7-5-28)11-2-3-13(26)14(27)8-11)16-17(20(23)33)22-24(38-25(16)35)21(34)19(32)15(10-30)37-22/h2-3,8,15,19,21-22,24,30-34H,4-7,9-10H2,1H3/t15-,19-,21+,22-,24+/m1/s1. The maximum Gasteiger partial charge on any atom is 0.339 e. The monoisotopic (exact) mass is 570 g/mol. The first-order valence-electron chi connectivity index (χ1n) is 12.1. The number of aromatic hydroxyl groups is 2. The van der Waals surface area contributed by atoms with E-state index in [2.05, 4.69) is 4.90 Å². The lowest BCUT2D eigenvalue weighted by molar-refractivity contribution is -0.235. The molecule has 0 unspecified atom stereocenters.